The molecule has 4 rings (SSSR count). The fourth-order valence-corrected chi connectivity index (χ4v) is 3.98. The van der Waals surface area contributed by atoms with Crippen LogP contribution in [-0.2, 0) is 16.0 Å². The highest BCUT2D eigenvalue weighted by atomic mass is 16.5. The molecule has 162 valence electrons. The number of methoxy groups -OCH3 is 1. The Bertz CT molecular complexity index is 1170. The first kappa shape index (κ1) is 21.2. The lowest BCUT2D eigenvalue weighted by Crippen LogP contribution is -2.31. The molecule has 0 aromatic heterocycles. The Hall–Kier alpha value is -4.06. The first-order valence-corrected chi connectivity index (χ1v) is 10.3. The predicted octanol–water partition coefficient (Wildman–Crippen LogP) is 4.50. The van der Waals surface area contributed by atoms with Gasteiger partial charge in [0.25, 0.3) is 5.91 Å². The van der Waals surface area contributed by atoms with Gasteiger partial charge in [-0.25, -0.2) is 0 Å². The summed E-state index contributed by atoms with van der Waals surface area (Å²) in [5.74, 6) is -1.04. The van der Waals surface area contributed by atoms with Gasteiger partial charge in [-0.15, -0.1) is 0 Å². The second-order valence-electron chi connectivity index (χ2n) is 7.51. The number of Topliss-reactive ketones (excluding diaryl/α,β-unsaturated/α-hetero) is 1. The molecule has 0 bridgehead atoms. The number of hydrogen-bond donors (Lipinski definition) is 2. The average Bonchev–Trinajstić information content (AvgIpc) is 3.09. The molecule has 0 spiro atoms. The van der Waals surface area contributed by atoms with E-state index in [0.29, 0.717) is 23.4 Å². The number of aliphatic hydroxyl groups excluding tert-OH is 1. The molecular weight excluding hydrogens is 406 g/mol. The van der Waals surface area contributed by atoms with E-state index in [1.54, 1.807) is 36.4 Å². The molecule has 0 saturated heterocycles. The monoisotopic (exact) mass is 429 g/mol. The van der Waals surface area contributed by atoms with Gasteiger partial charge < -0.3 is 14.9 Å². The number of nitrogens with zero attached hydrogens (tertiary/aromatic N) is 1. The number of amides is 1. The van der Waals surface area contributed by atoms with Crippen LogP contribution in [0.1, 0.15) is 23.6 Å². The van der Waals surface area contributed by atoms with Crippen LogP contribution in [0.5, 0.6) is 11.5 Å². The quantitative estimate of drug-likeness (QED) is 0.577. The van der Waals surface area contributed by atoms with Crippen LogP contribution in [0.4, 0.5) is 5.69 Å². The molecule has 0 fully saturated rings. The maximum atomic E-state index is 13.3. The zero-order chi connectivity index (χ0) is 22.7. The van der Waals surface area contributed by atoms with Gasteiger partial charge in [0.05, 0.1) is 24.4 Å². The van der Waals surface area contributed by atoms with Crippen LogP contribution in [0, 0.1) is 0 Å². The van der Waals surface area contributed by atoms with Crippen molar-refractivity contribution in [1.29, 1.82) is 0 Å². The molecule has 1 amide bonds. The van der Waals surface area contributed by atoms with E-state index in [1.807, 2.05) is 30.3 Å². The minimum atomic E-state index is -0.845. The van der Waals surface area contributed by atoms with Crippen molar-refractivity contribution in [2.75, 3.05) is 12.0 Å². The lowest BCUT2D eigenvalue weighted by molar-refractivity contribution is -0.118. The van der Waals surface area contributed by atoms with Crippen LogP contribution in [-0.4, -0.2) is 29.0 Å². The molecule has 6 heteroatoms. The fraction of sp³-hybridized carbons (Fsp3) is 0.154. The lowest BCUT2D eigenvalue weighted by Gasteiger charge is -2.28. The van der Waals surface area contributed by atoms with Crippen LogP contribution in [0.15, 0.2) is 90.2 Å². The predicted molar refractivity (Wildman–Crippen MR) is 121 cm³/mol. The Morgan fingerprint density at radius 3 is 2.28 bits per heavy atom. The molecule has 1 atom stereocenters. The fourth-order valence-electron chi connectivity index (χ4n) is 3.98. The smallest absolute Gasteiger partial charge is 0.294 e. The van der Waals surface area contributed by atoms with E-state index >= 15 is 0 Å². The number of phenolic OH excluding ortho intramolecular Hbond substituents is 1. The molecule has 3 aromatic carbocycles. The number of aryl methyl sites for hydroxylation is 1. The topological polar surface area (TPSA) is 87.1 Å². The maximum Gasteiger partial charge on any atom is 0.294 e. The first-order valence-electron chi connectivity index (χ1n) is 10.3. The van der Waals surface area contributed by atoms with Crippen LogP contribution in [0.2, 0.25) is 0 Å². The van der Waals surface area contributed by atoms with Crippen molar-refractivity contribution in [3.8, 4) is 11.5 Å². The molecular formula is C26H23NO5. The molecule has 1 heterocycles. The third-order valence-corrected chi connectivity index (χ3v) is 5.55. The van der Waals surface area contributed by atoms with Gasteiger partial charge in [0, 0.05) is 6.42 Å². The number of para-hydroxylation sites is 2. The third kappa shape index (κ3) is 3.95. The SMILES string of the molecule is COc1ccccc1N1C(=O)C(O)=C(C(=O)CCc2ccccc2)C1c1ccc(O)cc1. The molecule has 3 aromatic rings. The van der Waals surface area contributed by atoms with Gasteiger partial charge in [0.1, 0.15) is 11.5 Å². The number of ketones is 1. The van der Waals surface area contributed by atoms with Crippen molar-refractivity contribution >= 4 is 17.4 Å². The summed E-state index contributed by atoms with van der Waals surface area (Å²) in [4.78, 5) is 27.8. The molecule has 32 heavy (non-hydrogen) atoms. The van der Waals surface area contributed by atoms with Crippen LogP contribution in [0.3, 0.4) is 0 Å². The second kappa shape index (κ2) is 8.98. The number of anilines is 1. The minimum Gasteiger partial charge on any atom is -0.508 e. The largest absolute Gasteiger partial charge is 0.508 e. The average molecular weight is 429 g/mol. The number of carbonyl (C=O) groups is 2. The summed E-state index contributed by atoms with van der Waals surface area (Å²) in [7, 11) is 1.49. The van der Waals surface area contributed by atoms with Gasteiger partial charge in [-0.3, -0.25) is 14.5 Å². The first-order chi connectivity index (χ1) is 15.5. The Labute approximate surface area is 186 Å². The highest BCUT2D eigenvalue weighted by Crippen LogP contribution is 2.44. The molecule has 0 radical (unpaired) electrons. The third-order valence-electron chi connectivity index (χ3n) is 5.55. The van der Waals surface area contributed by atoms with Crippen LogP contribution in [0.25, 0.3) is 0 Å². The molecule has 0 saturated carbocycles. The van der Waals surface area contributed by atoms with Gasteiger partial charge in [0.2, 0.25) is 0 Å². The lowest BCUT2D eigenvalue weighted by atomic mass is 9.93. The second-order valence-corrected chi connectivity index (χ2v) is 7.51. The van der Waals surface area contributed by atoms with Crippen LogP contribution < -0.4 is 9.64 Å². The number of aromatic hydroxyl groups is 1. The maximum absolute atomic E-state index is 13.3. The summed E-state index contributed by atoms with van der Waals surface area (Å²) in [6.45, 7) is 0. The molecule has 2 N–H and O–H groups in total. The summed E-state index contributed by atoms with van der Waals surface area (Å²) in [6, 6.07) is 21.9. The number of rotatable bonds is 7. The summed E-state index contributed by atoms with van der Waals surface area (Å²) in [6.07, 6.45) is 0.632. The van der Waals surface area contributed by atoms with Crippen molar-refractivity contribution in [2.45, 2.75) is 18.9 Å². The highest BCUT2D eigenvalue weighted by Gasteiger charge is 2.44. The number of hydrogen-bond acceptors (Lipinski definition) is 5. The summed E-state index contributed by atoms with van der Waals surface area (Å²) < 4.78 is 5.43. The van der Waals surface area contributed by atoms with E-state index in [9.17, 15) is 19.8 Å². The van der Waals surface area contributed by atoms with E-state index in [2.05, 4.69) is 0 Å². The van der Waals surface area contributed by atoms with Crippen molar-refractivity contribution in [3.05, 3.63) is 101 Å². The van der Waals surface area contributed by atoms with E-state index in [-0.39, 0.29) is 23.5 Å². The van der Waals surface area contributed by atoms with Gasteiger partial charge in [-0.2, -0.15) is 0 Å². The summed E-state index contributed by atoms with van der Waals surface area (Å²) >= 11 is 0. The van der Waals surface area contributed by atoms with Crippen molar-refractivity contribution in [1.82, 2.24) is 0 Å². The zero-order valence-electron chi connectivity index (χ0n) is 17.6. The Balaban J connectivity index is 1.75. The zero-order valence-corrected chi connectivity index (χ0v) is 17.6. The van der Waals surface area contributed by atoms with Gasteiger partial charge in [-0.05, 0) is 41.8 Å². The van der Waals surface area contributed by atoms with E-state index < -0.39 is 17.7 Å². The van der Waals surface area contributed by atoms with Crippen molar-refractivity contribution in [2.24, 2.45) is 0 Å². The van der Waals surface area contributed by atoms with Gasteiger partial charge >= 0.3 is 0 Å². The highest BCUT2D eigenvalue weighted by molar-refractivity contribution is 6.17. The van der Waals surface area contributed by atoms with E-state index in [4.69, 9.17) is 4.74 Å². The number of ether oxygens (including phenoxy) is 1. The van der Waals surface area contributed by atoms with Crippen molar-refractivity contribution in [3.63, 3.8) is 0 Å². The van der Waals surface area contributed by atoms with E-state index in [1.165, 1.54) is 24.1 Å². The summed E-state index contributed by atoms with van der Waals surface area (Å²) in [5.41, 5.74) is 2.07. The number of benzene rings is 3. The van der Waals surface area contributed by atoms with Crippen molar-refractivity contribution < 1.29 is 24.5 Å². The summed E-state index contributed by atoms with van der Waals surface area (Å²) in [5, 5.41) is 20.5. The minimum absolute atomic E-state index is 0.0440. The molecule has 1 unspecified atom stereocenters. The standard InChI is InChI=1S/C26H23NO5/c1-32-22-10-6-5-9-20(22)27-24(18-12-14-19(28)15-13-18)23(25(30)26(27)31)21(29)16-11-17-7-3-2-4-8-17/h2-10,12-15,24,28,30H,11,16H2,1H3. The van der Waals surface area contributed by atoms with Gasteiger partial charge in [0.15, 0.2) is 11.5 Å². The molecule has 1 aliphatic heterocycles. The van der Waals surface area contributed by atoms with E-state index in [0.717, 1.165) is 5.56 Å². The Kier molecular flexibility index (Phi) is 5.94. The Morgan fingerprint density at radius 2 is 1.59 bits per heavy atom. The van der Waals surface area contributed by atoms with Crippen LogP contribution >= 0.6 is 0 Å². The normalized spacial score (nSPS) is 15.8. The number of aliphatic hydroxyl groups is 1. The number of phenols is 1. The molecule has 1 aliphatic rings. The van der Waals surface area contributed by atoms with Gasteiger partial charge in [-0.1, -0.05) is 54.6 Å². The molecule has 6 nitrogen and oxygen atoms in total. The Morgan fingerprint density at radius 1 is 0.938 bits per heavy atom. The molecule has 0 aliphatic carbocycles. The number of carbonyl (C=O) groups excluding carboxylic acids is 2.